The smallest absolute Gasteiger partial charge is 0.331 e. The first-order chi connectivity index (χ1) is 11.9. The molecule has 1 rings (SSSR count). The molecule has 0 aliphatic rings. The summed E-state index contributed by atoms with van der Waals surface area (Å²) in [6, 6.07) is 4.73. The summed E-state index contributed by atoms with van der Waals surface area (Å²) in [5.41, 5.74) is 0.616. The molecule has 0 aliphatic heterocycles. The quantitative estimate of drug-likeness (QED) is 0.573. The summed E-state index contributed by atoms with van der Waals surface area (Å²) < 4.78 is 22.2. The molecule has 7 heteroatoms. The normalized spacial score (nSPS) is 13.1. The van der Waals surface area contributed by atoms with Crippen LogP contribution in [0.1, 0.15) is 25.8 Å². The topological polar surface area (TPSA) is 81.7 Å². The van der Waals surface area contributed by atoms with Gasteiger partial charge in [-0.2, -0.15) is 0 Å². The molecule has 0 saturated carbocycles. The number of hydrogen-bond donors (Lipinski definition) is 1. The molecule has 0 unspecified atom stereocenters. The van der Waals surface area contributed by atoms with Crippen LogP contribution in [0.5, 0.6) is 0 Å². The monoisotopic (exact) mass is 351 g/mol. The van der Waals surface area contributed by atoms with Gasteiger partial charge in [-0.15, -0.1) is 0 Å². The van der Waals surface area contributed by atoms with Crippen LogP contribution in [0, 0.1) is 11.7 Å². The van der Waals surface area contributed by atoms with Crippen molar-refractivity contribution in [1.29, 1.82) is 0 Å². The number of rotatable bonds is 8. The van der Waals surface area contributed by atoms with Crippen LogP contribution >= 0.6 is 0 Å². The van der Waals surface area contributed by atoms with Gasteiger partial charge in [0.1, 0.15) is 11.9 Å². The van der Waals surface area contributed by atoms with E-state index in [0.717, 1.165) is 6.08 Å². The molecule has 1 aromatic carbocycles. The molecule has 6 nitrogen and oxygen atoms in total. The van der Waals surface area contributed by atoms with Crippen LogP contribution in [0.15, 0.2) is 30.3 Å². The minimum absolute atomic E-state index is 0.120. The van der Waals surface area contributed by atoms with Crippen molar-refractivity contribution >= 4 is 23.9 Å². The molecule has 1 amide bonds. The molecule has 1 aromatic rings. The van der Waals surface area contributed by atoms with Gasteiger partial charge in [-0.1, -0.05) is 32.4 Å². The van der Waals surface area contributed by atoms with Crippen molar-refractivity contribution in [2.45, 2.75) is 26.3 Å². The second kappa shape index (κ2) is 10.2. The maximum Gasteiger partial charge on any atom is 0.331 e. The molecule has 0 aliphatic carbocycles. The Balaban J connectivity index is 2.50. The third-order valence-corrected chi connectivity index (χ3v) is 3.61. The Hall–Kier alpha value is -2.70. The molecule has 136 valence electrons. The molecule has 2 atom stereocenters. The van der Waals surface area contributed by atoms with Gasteiger partial charge in [0.05, 0.1) is 7.11 Å². The van der Waals surface area contributed by atoms with Crippen molar-refractivity contribution in [3.8, 4) is 0 Å². The van der Waals surface area contributed by atoms with E-state index >= 15 is 0 Å². The number of esters is 2. The summed E-state index contributed by atoms with van der Waals surface area (Å²) in [4.78, 5) is 35.1. The molecule has 0 spiro atoms. The summed E-state index contributed by atoms with van der Waals surface area (Å²) >= 11 is 0. The lowest BCUT2D eigenvalue weighted by Crippen LogP contribution is -2.47. The zero-order valence-corrected chi connectivity index (χ0v) is 14.5. The van der Waals surface area contributed by atoms with E-state index in [1.165, 1.54) is 37.5 Å². The van der Waals surface area contributed by atoms with Gasteiger partial charge in [-0.3, -0.25) is 4.79 Å². The van der Waals surface area contributed by atoms with Gasteiger partial charge in [0.25, 0.3) is 5.91 Å². The lowest BCUT2D eigenvalue weighted by molar-refractivity contribution is -0.148. The minimum Gasteiger partial charge on any atom is -0.467 e. The van der Waals surface area contributed by atoms with Crippen LogP contribution < -0.4 is 5.32 Å². The van der Waals surface area contributed by atoms with E-state index in [-0.39, 0.29) is 11.7 Å². The molecule has 0 fully saturated rings. The van der Waals surface area contributed by atoms with E-state index in [4.69, 9.17) is 4.74 Å². The van der Waals surface area contributed by atoms with Crippen LogP contribution in [0.2, 0.25) is 0 Å². The number of halogens is 1. The van der Waals surface area contributed by atoms with Gasteiger partial charge >= 0.3 is 11.9 Å². The highest BCUT2D eigenvalue weighted by Crippen LogP contribution is 2.09. The Morgan fingerprint density at radius 2 is 1.88 bits per heavy atom. The Morgan fingerprint density at radius 3 is 2.44 bits per heavy atom. The first kappa shape index (κ1) is 20.3. The average molecular weight is 351 g/mol. The van der Waals surface area contributed by atoms with Crippen molar-refractivity contribution in [3.63, 3.8) is 0 Å². The molecule has 0 aromatic heterocycles. The number of carbonyl (C=O) groups excluding carboxylic acids is 3. The van der Waals surface area contributed by atoms with E-state index < -0.39 is 30.5 Å². The first-order valence-electron chi connectivity index (χ1n) is 7.85. The number of hydrogen-bond acceptors (Lipinski definition) is 5. The number of ether oxygens (including phenoxy) is 2. The largest absolute Gasteiger partial charge is 0.467 e. The maximum atomic E-state index is 12.8. The van der Waals surface area contributed by atoms with Gasteiger partial charge in [-0.05, 0) is 29.7 Å². The fourth-order valence-electron chi connectivity index (χ4n) is 1.93. The van der Waals surface area contributed by atoms with Crippen molar-refractivity contribution < 1.29 is 28.2 Å². The van der Waals surface area contributed by atoms with E-state index in [9.17, 15) is 18.8 Å². The summed E-state index contributed by atoms with van der Waals surface area (Å²) in [5, 5.41) is 2.50. The van der Waals surface area contributed by atoms with Gasteiger partial charge in [0.15, 0.2) is 6.61 Å². The second-order valence-corrected chi connectivity index (χ2v) is 5.45. The van der Waals surface area contributed by atoms with Crippen LogP contribution in [0.25, 0.3) is 6.08 Å². The lowest BCUT2D eigenvalue weighted by atomic mass is 9.99. The predicted octanol–water partition coefficient (Wildman–Crippen LogP) is 2.09. The predicted molar refractivity (Wildman–Crippen MR) is 89.8 cm³/mol. The van der Waals surface area contributed by atoms with E-state index in [1.54, 1.807) is 6.92 Å². The molecule has 0 bridgehead atoms. The molecule has 0 saturated heterocycles. The molecule has 0 radical (unpaired) electrons. The van der Waals surface area contributed by atoms with Crippen LogP contribution in [0.4, 0.5) is 4.39 Å². The van der Waals surface area contributed by atoms with Gasteiger partial charge < -0.3 is 14.8 Å². The van der Waals surface area contributed by atoms with E-state index in [2.05, 4.69) is 10.1 Å². The van der Waals surface area contributed by atoms with Crippen LogP contribution in [-0.2, 0) is 23.9 Å². The van der Waals surface area contributed by atoms with Crippen molar-refractivity contribution in [1.82, 2.24) is 5.32 Å². The number of carbonyl (C=O) groups is 3. The summed E-state index contributed by atoms with van der Waals surface area (Å²) in [7, 11) is 1.24. The highest BCUT2D eigenvalue weighted by molar-refractivity contribution is 5.90. The zero-order valence-electron chi connectivity index (χ0n) is 14.5. The fourth-order valence-corrected chi connectivity index (χ4v) is 1.93. The SMILES string of the molecule is CC[C@@H](C)[C@H](NC(=O)COC(=O)/C=C/c1ccc(F)cc1)C(=O)OC. The highest BCUT2D eigenvalue weighted by Gasteiger charge is 2.26. The summed E-state index contributed by atoms with van der Waals surface area (Å²) in [6.45, 7) is 3.17. The summed E-state index contributed by atoms with van der Waals surface area (Å²) in [6.07, 6.45) is 3.24. The highest BCUT2D eigenvalue weighted by atomic mass is 19.1. The third-order valence-electron chi connectivity index (χ3n) is 3.61. The zero-order chi connectivity index (χ0) is 18.8. The maximum absolute atomic E-state index is 12.8. The van der Waals surface area contributed by atoms with Crippen LogP contribution in [0.3, 0.4) is 0 Å². The molecule has 25 heavy (non-hydrogen) atoms. The standard InChI is InChI=1S/C18H22FNO5/c1-4-12(2)17(18(23)24-3)20-15(21)11-25-16(22)10-7-13-5-8-14(19)9-6-13/h5-10,12,17H,4,11H2,1-3H3,(H,20,21)/b10-7+/t12-,17+/m1/s1. The fraction of sp³-hybridized carbons (Fsp3) is 0.389. The van der Waals surface area contributed by atoms with Crippen molar-refractivity contribution in [2.75, 3.05) is 13.7 Å². The molecular weight excluding hydrogens is 329 g/mol. The summed E-state index contributed by atoms with van der Waals surface area (Å²) in [5.74, 6) is -2.37. The number of nitrogens with one attached hydrogen (secondary N) is 1. The minimum atomic E-state index is -0.795. The van der Waals surface area contributed by atoms with E-state index in [1.807, 2.05) is 6.92 Å². The Labute approximate surface area is 146 Å². The van der Waals surface area contributed by atoms with Crippen LogP contribution in [-0.4, -0.2) is 37.6 Å². The second-order valence-electron chi connectivity index (χ2n) is 5.45. The van der Waals surface area contributed by atoms with Gasteiger partial charge in [-0.25, -0.2) is 14.0 Å². The third kappa shape index (κ3) is 7.15. The molecule has 1 N–H and O–H groups in total. The Morgan fingerprint density at radius 1 is 1.24 bits per heavy atom. The Kier molecular flexibility index (Phi) is 8.32. The number of benzene rings is 1. The van der Waals surface area contributed by atoms with Gasteiger partial charge in [0, 0.05) is 6.08 Å². The van der Waals surface area contributed by atoms with E-state index in [0.29, 0.717) is 12.0 Å². The number of methoxy groups -OCH3 is 1. The van der Waals surface area contributed by atoms with Crippen molar-refractivity contribution in [3.05, 3.63) is 41.7 Å². The lowest BCUT2D eigenvalue weighted by Gasteiger charge is -2.21. The average Bonchev–Trinajstić information content (AvgIpc) is 2.62. The Bertz CT molecular complexity index is 627. The number of amides is 1. The van der Waals surface area contributed by atoms with Gasteiger partial charge in [0.2, 0.25) is 0 Å². The first-order valence-corrected chi connectivity index (χ1v) is 7.85. The molecular formula is C18H22FNO5. The molecule has 0 heterocycles. The van der Waals surface area contributed by atoms with Crippen molar-refractivity contribution in [2.24, 2.45) is 5.92 Å².